The molecule has 5 rings (SSSR count). The predicted octanol–water partition coefficient (Wildman–Crippen LogP) is 2.33. The van der Waals surface area contributed by atoms with Crippen molar-refractivity contribution in [1.82, 2.24) is 0 Å². The van der Waals surface area contributed by atoms with Crippen molar-refractivity contribution in [2.75, 3.05) is 16.3 Å². The zero-order valence-electron chi connectivity index (χ0n) is 16.2. The van der Waals surface area contributed by atoms with Crippen LogP contribution in [0.3, 0.4) is 0 Å². The Kier molecular flexibility index (Phi) is 4.25. The maximum absolute atomic E-state index is 13.0. The number of anilines is 2. The van der Waals surface area contributed by atoms with E-state index in [1.807, 2.05) is 0 Å². The molecule has 0 radical (unpaired) electrons. The lowest BCUT2D eigenvalue weighted by molar-refractivity contribution is -0.120. The van der Waals surface area contributed by atoms with Crippen LogP contribution in [0.4, 0.5) is 11.4 Å². The Labute approximate surface area is 177 Å². The first-order valence-electron chi connectivity index (χ1n) is 9.76. The van der Waals surface area contributed by atoms with Crippen molar-refractivity contribution >= 4 is 41.7 Å². The van der Waals surface area contributed by atoms with Gasteiger partial charge in [-0.2, -0.15) is 0 Å². The first-order valence-corrected chi connectivity index (χ1v) is 9.76. The smallest absolute Gasteiger partial charge is 0.265 e. The van der Waals surface area contributed by atoms with Gasteiger partial charge in [0, 0.05) is 40.4 Å². The third-order valence-electron chi connectivity index (χ3n) is 5.92. The standard InChI is InChI=1S/C24H16N2O5/c27-12-14-1-5-17(6-2-14)25-11-16-9-20-21(10-19(16)22(25)29)24(31)26(23(20)30)18-7-3-15(13-28)4-8-18/h1-10,12-13,16,19H,11H2. The van der Waals surface area contributed by atoms with Crippen LogP contribution in [0, 0.1) is 11.8 Å². The molecular formula is C24H16N2O5. The number of aldehydes is 2. The van der Waals surface area contributed by atoms with Crippen molar-refractivity contribution in [3.8, 4) is 0 Å². The summed E-state index contributed by atoms with van der Waals surface area (Å²) in [6.07, 6.45) is 4.74. The quantitative estimate of drug-likeness (QED) is 0.568. The van der Waals surface area contributed by atoms with Crippen molar-refractivity contribution < 1.29 is 24.0 Å². The maximum Gasteiger partial charge on any atom is 0.265 e. The molecule has 2 heterocycles. The van der Waals surface area contributed by atoms with Crippen molar-refractivity contribution in [2.24, 2.45) is 11.8 Å². The van der Waals surface area contributed by atoms with Gasteiger partial charge >= 0.3 is 0 Å². The normalized spacial score (nSPS) is 22.1. The number of carbonyl (C=O) groups is 5. The first kappa shape index (κ1) is 18.9. The van der Waals surface area contributed by atoms with Crippen LogP contribution in [-0.2, 0) is 14.4 Å². The van der Waals surface area contributed by atoms with E-state index in [1.54, 1.807) is 65.6 Å². The highest BCUT2D eigenvalue weighted by Gasteiger charge is 2.48. The van der Waals surface area contributed by atoms with Gasteiger partial charge in [0.2, 0.25) is 5.91 Å². The molecule has 0 N–H and O–H groups in total. The third kappa shape index (κ3) is 2.85. The van der Waals surface area contributed by atoms with Crippen molar-refractivity contribution in [3.05, 3.63) is 83.0 Å². The minimum absolute atomic E-state index is 0.152. The molecule has 2 fully saturated rings. The molecule has 2 atom stereocenters. The van der Waals surface area contributed by atoms with Crippen LogP contribution in [-0.4, -0.2) is 36.8 Å². The van der Waals surface area contributed by atoms with Crippen LogP contribution < -0.4 is 9.80 Å². The Morgan fingerprint density at radius 3 is 1.77 bits per heavy atom. The second-order valence-corrected chi connectivity index (χ2v) is 7.66. The SMILES string of the molecule is O=Cc1ccc(N2CC3C=C4C(=O)N(c5ccc(C=O)cc5)C(=O)C4=CC3C2=O)cc1. The second kappa shape index (κ2) is 6.98. The van der Waals surface area contributed by atoms with Gasteiger partial charge < -0.3 is 4.90 Å². The number of benzene rings is 2. The number of rotatable bonds is 4. The van der Waals surface area contributed by atoms with E-state index in [-0.39, 0.29) is 17.4 Å². The molecule has 0 aromatic heterocycles. The van der Waals surface area contributed by atoms with Gasteiger partial charge in [0.1, 0.15) is 12.6 Å². The summed E-state index contributed by atoms with van der Waals surface area (Å²) in [5.74, 6) is -1.82. The number of imide groups is 1. The molecule has 0 bridgehead atoms. The number of amides is 3. The van der Waals surface area contributed by atoms with Crippen LogP contribution in [0.2, 0.25) is 0 Å². The first-order chi connectivity index (χ1) is 15.0. The van der Waals surface area contributed by atoms with Crippen LogP contribution in [0.1, 0.15) is 20.7 Å². The van der Waals surface area contributed by atoms with E-state index in [4.69, 9.17) is 0 Å². The summed E-state index contributed by atoms with van der Waals surface area (Å²) in [4.78, 5) is 63.4. The lowest BCUT2D eigenvalue weighted by Gasteiger charge is -2.16. The predicted molar refractivity (Wildman–Crippen MR) is 112 cm³/mol. The van der Waals surface area contributed by atoms with Crippen LogP contribution >= 0.6 is 0 Å². The van der Waals surface area contributed by atoms with E-state index >= 15 is 0 Å². The molecule has 7 nitrogen and oxygen atoms in total. The Morgan fingerprint density at radius 2 is 1.23 bits per heavy atom. The molecule has 31 heavy (non-hydrogen) atoms. The highest BCUT2D eigenvalue weighted by atomic mass is 16.2. The summed E-state index contributed by atoms with van der Waals surface area (Å²) >= 11 is 0. The molecule has 1 aliphatic carbocycles. The van der Waals surface area contributed by atoms with Gasteiger partial charge in [-0.1, -0.05) is 12.2 Å². The van der Waals surface area contributed by atoms with Gasteiger partial charge in [0.05, 0.1) is 11.6 Å². The molecule has 2 saturated heterocycles. The van der Waals surface area contributed by atoms with Gasteiger partial charge in [-0.15, -0.1) is 0 Å². The van der Waals surface area contributed by atoms with E-state index in [1.165, 1.54) is 0 Å². The zero-order valence-corrected chi connectivity index (χ0v) is 16.2. The minimum Gasteiger partial charge on any atom is -0.311 e. The van der Waals surface area contributed by atoms with Gasteiger partial charge in [-0.05, 0) is 48.5 Å². The molecule has 2 unspecified atom stereocenters. The van der Waals surface area contributed by atoms with Crippen LogP contribution in [0.5, 0.6) is 0 Å². The molecule has 2 aromatic carbocycles. The van der Waals surface area contributed by atoms with E-state index in [0.717, 1.165) is 11.2 Å². The summed E-state index contributed by atoms with van der Waals surface area (Å²) in [6.45, 7) is 0.382. The number of nitrogens with zero attached hydrogens (tertiary/aromatic N) is 2. The zero-order chi connectivity index (χ0) is 21.7. The van der Waals surface area contributed by atoms with Gasteiger partial charge in [0.25, 0.3) is 11.8 Å². The number of hydrogen-bond acceptors (Lipinski definition) is 5. The summed E-state index contributed by atoms with van der Waals surface area (Å²) in [5, 5.41) is 0. The van der Waals surface area contributed by atoms with E-state index in [0.29, 0.717) is 40.9 Å². The van der Waals surface area contributed by atoms with Crippen molar-refractivity contribution in [1.29, 1.82) is 0 Å². The molecule has 152 valence electrons. The van der Waals surface area contributed by atoms with Crippen molar-refractivity contribution in [3.63, 3.8) is 0 Å². The fourth-order valence-electron chi connectivity index (χ4n) is 4.31. The van der Waals surface area contributed by atoms with Crippen LogP contribution in [0.15, 0.2) is 71.8 Å². The van der Waals surface area contributed by atoms with Gasteiger partial charge in [-0.25, -0.2) is 4.90 Å². The van der Waals surface area contributed by atoms with E-state index in [9.17, 15) is 24.0 Å². The molecule has 0 spiro atoms. The Morgan fingerprint density at radius 1 is 0.710 bits per heavy atom. The second-order valence-electron chi connectivity index (χ2n) is 7.66. The highest BCUT2D eigenvalue weighted by Crippen LogP contribution is 2.41. The Balaban J connectivity index is 1.45. The monoisotopic (exact) mass is 412 g/mol. The van der Waals surface area contributed by atoms with Crippen LogP contribution in [0.25, 0.3) is 0 Å². The summed E-state index contributed by atoms with van der Waals surface area (Å²) in [5.41, 5.74) is 2.55. The minimum atomic E-state index is -0.529. The lowest BCUT2D eigenvalue weighted by Crippen LogP contribution is -2.29. The highest BCUT2D eigenvalue weighted by molar-refractivity contribution is 6.37. The van der Waals surface area contributed by atoms with Crippen molar-refractivity contribution in [2.45, 2.75) is 0 Å². The number of hydrogen-bond donors (Lipinski definition) is 0. The Hall–Kier alpha value is -4.13. The fraction of sp³-hybridized carbons (Fsp3) is 0.125. The molecule has 3 amide bonds. The fourth-order valence-corrected chi connectivity index (χ4v) is 4.31. The van der Waals surface area contributed by atoms with Gasteiger partial charge in [-0.3, -0.25) is 24.0 Å². The molecule has 2 aromatic rings. The molecule has 3 aliphatic rings. The molecule has 0 saturated carbocycles. The molecule has 7 heteroatoms. The molecular weight excluding hydrogens is 396 g/mol. The average molecular weight is 412 g/mol. The Bertz CT molecular complexity index is 1210. The largest absolute Gasteiger partial charge is 0.311 e. The summed E-state index contributed by atoms with van der Waals surface area (Å²) in [6, 6.07) is 12.9. The van der Waals surface area contributed by atoms with E-state index in [2.05, 4.69) is 0 Å². The number of fused-ring (bicyclic) bond motifs is 2. The van der Waals surface area contributed by atoms with Gasteiger partial charge in [0.15, 0.2) is 0 Å². The van der Waals surface area contributed by atoms with E-state index < -0.39 is 17.7 Å². The lowest BCUT2D eigenvalue weighted by atomic mass is 9.85. The average Bonchev–Trinajstić information content (AvgIpc) is 3.26. The summed E-state index contributed by atoms with van der Waals surface area (Å²) in [7, 11) is 0. The molecule has 2 aliphatic heterocycles. The maximum atomic E-state index is 13.0. The topological polar surface area (TPSA) is 91.8 Å². The summed E-state index contributed by atoms with van der Waals surface area (Å²) < 4.78 is 0. The third-order valence-corrected chi connectivity index (χ3v) is 5.92. The number of carbonyl (C=O) groups excluding carboxylic acids is 5.